The van der Waals surface area contributed by atoms with Crippen molar-refractivity contribution in [3.05, 3.63) is 51.2 Å². The van der Waals surface area contributed by atoms with Gasteiger partial charge in [0, 0.05) is 15.5 Å². The number of carbonyl (C=O) groups excluding carboxylic acids is 1. The molecule has 0 N–H and O–H groups in total. The Morgan fingerprint density at radius 1 is 1.23 bits per heavy atom. The van der Waals surface area contributed by atoms with E-state index in [4.69, 9.17) is 11.6 Å². The van der Waals surface area contributed by atoms with Gasteiger partial charge in [-0.2, -0.15) is 4.80 Å². The van der Waals surface area contributed by atoms with Crippen LogP contribution in [0.5, 0.6) is 0 Å². The van der Waals surface area contributed by atoms with E-state index in [1.165, 1.54) is 21.0 Å². The SMILES string of the molecule is CCc1ccc(C(=O)Cn2nnc(-c3ccc(Cl)cc3)n2)s1. The molecule has 0 amide bonds. The molecule has 0 aliphatic heterocycles. The fourth-order valence-electron chi connectivity index (χ4n) is 1.95. The summed E-state index contributed by atoms with van der Waals surface area (Å²) < 4.78 is 0. The molecule has 7 heteroatoms. The van der Waals surface area contributed by atoms with Crippen molar-refractivity contribution in [1.29, 1.82) is 0 Å². The molecule has 0 saturated carbocycles. The van der Waals surface area contributed by atoms with E-state index >= 15 is 0 Å². The quantitative estimate of drug-likeness (QED) is 0.671. The van der Waals surface area contributed by atoms with Crippen molar-refractivity contribution in [3.8, 4) is 11.4 Å². The molecule has 1 aromatic carbocycles. The van der Waals surface area contributed by atoms with E-state index in [0.717, 1.165) is 16.9 Å². The van der Waals surface area contributed by atoms with Crippen LogP contribution in [-0.4, -0.2) is 26.0 Å². The molecule has 112 valence electrons. The highest BCUT2D eigenvalue weighted by Crippen LogP contribution is 2.19. The van der Waals surface area contributed by atoms with Gasteiger partial charge >= 0.3 is 0 Å². The van der Waals surface area contributed by atoms with Crippen molar-refractivity contribution < 1.29 is 4.79 Å². The minimum Gasteiger partial charge on any atom is -0.291 e. The fraction of sp³-hybridized carbons (Fsp3) is 0.200. The van der Waals surface area contributed by atoms with E-state index in [9.17, 15) is 4.79 Å². The Labute approximate surface area is 136 Å². The summed E-state index contributed by atoms with van der Waals surface area (Å²) in [5.41, 5.74) is 0.812. The predicted octanol–water partition coefficient (Wildman–Crippen LogP) is 3.50. The van der Waals surface area contributed by atoms with Crippen LogP contribution in [0.25, 0.3) is 11.4 Å². The van der Waals surface area contributed by atoms with Crippen molar-refractivity contribution in [2.75, 3.05) is 0 Å². The first-order valence-corrected chi connectivity index (χ1v) is 8.01. The van der Waals surface area contributed by atoms with E-state index in [2.05, 4.69) is 22.3 Å². The number of hydrogen-bond acceptors (Lipinski definition) is 5. The minimum absolute atomic E-state index is 0.00949. The summed E-state index contributed by atoms with van der Waals surface area (Å²) in [6.07, 6.45) is 0.931. The number of rotatable bonds is 5. The van der Waals surface area contributed by atoms with E-state index in [1.807, 2.05) is 24.3 Å². The van der Waals surface area contributed by atoms with E-state index in [0.29, 0.717) is 10.8 Å². The van der Waals surface area contributed by atoms with Crippen LogP contribution in [0.15, 0.2) is 36.4 Å². The molecule has 0 atom stereocenters. The second-order valence-electron chi connectivity index (χ2n) is 4.69. The van der Waals surface area contributed by atoms with Crippen LogP contribution in [0.2, 0.25) is 5.02 Å². The topological polar surface area (TPSA) is 60.7 Å². The third kappa shape index (κ3) is 3.23. The lowest BCUT2D eigenvalue weighted by Gasteiger charge is -1.96. The molecule has 0 fully saturated rings. The van der Waals surface area contributed by atoms with Crippen LogP contribution in [0.1, 0.15) is 21.5 Å². The second-order valence-corrected chi connectivity index (χ2v) is 6.30. The van der Waals surface area contributed by atoms with E-state index in [-0.39, 0.29) is 12.3 Å². The molecule has 5 nitrogen and oxygen atoms in total. The maximum absolute atomic E-state index is 12.2. The number of aryl methyl sites for hydroxylation is 1. The summed E-state index contributed by atoms with van der Waals surface area (Å²) >= 11 is 7.36. The number of tetrazole rings is 1. The molecule has 0 aliphatic carbocycles. The summed E-state index contributed by atoms with van der Waals surface area (Å²) in [5.74, 6) is 0.467. The van der Waals surface area contributed by atoms with Crippen molar-refractivity contribution in [1.82, 2.24) is 20.2 Å². The second kappa shape index (κ2) is 6.37. The summed E-state index contributed by atoms with van der Waals surface area (Å²) in [6, 6.07) is 11.0. The third-order valence-corrected chi connectivity index (χ3v) is 4.65. The maximum atomic E-state index is 12.2. The van der Waals surface area contributed by atoms with Crippen LogP contribution < -0.4 is 0 Å². The number of aromatic nitrogens is 4. The van der Waals surface area contributed by atoms with Gasteiger partial charge in [0.1, 0.15) is 6.54 Å². The maximum Gasteiger partial charge on any atom is 0.204 e. The Morgan fingerprint density at radius 2 is 2.00 bits per heavy atom. The van der Waals surface area contributed by atoms with Gasteiger partial charge in [0.2, 0.25) is 5.82 Å². The average molecular weight is 333 g/mol. The lowest BCUT2D eigenvalue weighted by atomic mass is 10.2. The monoisotopic (exact) mass is 332 g/mol. The van der Waals surface area contributed by atoms with Crippen LogP contribution in [0.3, 0.4) is 0 Å². The summed E-state index contributed by atoms with van der Waals surface area (Å²) in [5, 5.41) is 12.8. The van der Waals surface area contributed by atoms with Crippen molar-refractivity contribution in [3.63, 3.8) is 0 Å². The van der Waals surface area contributed by atoms with Gasteiger partial charge in [0.25, 0.3) is 0 Å². The number of thiophene rings is 1. The predicted molar refractivity (Wildman–Crippen MR) is 86.3 cm³/mol. The Bertz CT molecular complexity index is 794. The van der Waals surface area contributed by atoms with E-state index < -0.39 is 0 Å². The van der Waals surface area contributed by atoms with Crippen LogP contribution in [0.4, 0.5) is 0 Å². The molecule has 0 saturated heterocycles. The van der Waals surface area contributed by atoms with Crippen molar-refractivity contribution >= 4 is 28.7 Å². The van der Waals surface area contributed by atoms with Gasteiger partial charge in [0.05, 0.1) is 4.88 Å². The third-order valence-electron chi connectivity index (χ3n) is 3.13. The Hall–Kier alpha value is -2.05. The molecule has 22 heavy (non-hydrogen) atoms. The van der Waals surface area contributed by atoms with Crippen molar-refractivity contribution in [2.45, 2.75) is 19.9 Å². The highest BCUT2D eigenvalue weighted by atomic mass is 35.5. The summed E-state index contributed by atoms with van der Waals surface area (Å²) in [6.45, 7) is 2.15. The average Bonchev–Trinajstić information content (AvgIpc) is 3.17. The summed E-state index contributed by atoms with van der Waals surface area (Å²) in [7, 11) is 0. The Kier molecular flexibility index (Phi) is 4.31. The highest BCUT2D eigenvalue weighted by Gasteiger charge is 2.13. The lowest BCUT2D eigenvalue weighted by molar-refractivity contribution is 0.0965. The number of Topliss-reactive ketones (excluding diaryl/α,β-unsaturated/α-hetero) is 1. The lowest BCUT2D eigenvalue weighted by Crippen LogP contribution is -2.12. The van der Waals surface area contributed by atoms with Gasteiger partial charge in [-0.1, -0.05) is 18.5 Å². The van der Waals surface area contributed by atoms with Gasteiger partial charge in [0.15, 0.2) is 5.78 Å². The Morgan fingerprint density at radius 3 is 2.68 bits per heavy atom. The molecule has 3 aromatic rings. The minimum atomic E-state index is -0.00949. The molecule has 0 spiro atoms. The number of benzene rings is 1. The zero-order valence-corrected chi connectivity index (χ0v) is 13.4. The molecule has 0 bridgehead atoms. The van der Waals surface area contributed by atoms with E-state index in [1.54, 1.807) is 12.1 Å². The van der Waals surface area contributed by atoms with Crippen LogP contribution >= 0.6 is 22.9 Å². The number of nitrogens with zero attached hydrogens (tertiary/aromatic N) is 4. The largest absolute Gasteiger partial charge is 0.291 e. The fourth-order valence-corrected chi connectivity index (χ4v) is 2.95. The van der Waals surface area contributed by atoms with Gasteiger partial charge in [-0.05, 0) is 48.0 Å². The number of halogens is 1. The molecule has 0 unspecified atom stereocenters. The number of hydrogen-bond donors (Lipinski definition) is 0. The van der Waals surface area contributed by atoms with Crippen LogP contribution in [0, 0.1) is 0 Å². The Balaban J connectivity index is 1.73. The first-order valence-electron chi connectivity index (χ1n) is 6.81. The molecule has 2 aromatic heterocycles. The van der Waals surface area contributed by atoms with Gasteiger partial charge in [-0.15, -0.1) is 21.5 Å². The number of ketones is 1. The standard InChI is InChI=1S/C15H13ClN4OS/c1-2-12-7-8-14(22-12)13(21)9-20-18-15(17-19-20)10-3-5-11(16)6-4-10/h3-8H,2,9H2,1H3. The molecular weight excluding hydrogens is 320 g/mol. The van der Waals surface area contributed by atoms with Crippen molar-refractivity contribution in [2.24, 2.45) is 0 Å². The van der Waals surface area contributed by atoms with Gasteiger partial charge in [-0.3, -0.25) is 4.79 Å². The first kappa shape index (κ1) is 14.9. The molecule has 0 radical (unpaired) electrons. The zero-order chi connectivity index (χ0) is 15.5. The zero-order valence-electron chi connectivity index (χ0n) is 11.9. The highest BCUT2D eigenvalue weighted by molar-refractivity contribution is 7.14. The molecule has 0 aliphatic rings. The molecule has 3 rings (SSSR count). The molecule has 2 heterocycles. The normalized spacial score (nSPS) is 10.8. The van der Waals surface area contributed by atoms with Gasteiger partial charge < -0.3 is 0 Å². The van der Waals surface area contributed by atoms with Crippen LogP contribution in [-0.2, 0) is 13.0 Å². The molecular formula is C15H13ClN4OS. The smallest absolute Gasteiger partial charge is 0.204 e. The van der Waals surface area contributed by atoms with Gasteiger partial charge in [-0.25, -0.2) is 0 Å². The summed E-state index contributed by atoms with van der Waals surface area (Å²) in [4.78, 5) is 15.4. The first-order chi connectivity index (χ1) is 10.7. The number of carbonyl (C=O) groups is 1.